The molecule has 0 amide bonds. The lowest BCUT2D eigenvalue weighted by atomic mass is 10.0. The third kappa shape index (κ3) is 4.42. The highest BCUT2D eigenvalue weighted by molar-refractivity contribution is 6.00. The summed E-state index contributed by atoms with van der Waals surface area (Å²) in [6, 6.07) is 13.5. The number of hydrogen-bond donors (Lipinski definition) is 1. The standard InChI is InChI=1S/C22H25N3O2/c1-4-27-22(26)17-8-5-7-16(13-17)18-9-6-10-19-20(18)24-14-25-21(19)23-12-11-15(2)3/h5-10,13-15H,4,11-12H2,1-3H3,(H,23,24,25). The summed E-state index contributed by atoms with van der Waals surface area (Å²) in [7, 11) is 0. The summed E-state index contributed by atoms with van der Waals surface area (Å²) >= 11 is 0. The number of hydrogen-bond acceptors (Lipinski definition) is 5. The summed E-state index contributed by atoms with van der Waals surface area (Å²) in [4.78, 5) is 21.0. The van der Waals surface area contributed by atoms with E-state index in [1.54, 1.807) is 19.3 Å². The van der Waals surface area contributed by atoms with Gasteiger partial charge >= 0.3 is 5.97 Å². The molecule has 0 aliphatic carbocycles. The second-order valence-corrected chi connectivity index (χ2v) is 6.83. The molecule has 3 rings (SSSR count). The number of ether oxygens (including phenoxy) is 1. The summed E-state index contributed by atoms with van der Waals surface area (Å²) in [5, 5.41) is 4.39. The van der Waals surface area contributed by atoms with Crippen LogP contribution in [0.2, 0.25) is 0 Å². The van der Waals surface area contributed by atoms with Gasteiger partial charge in [0.25, 0.3) is 0 Å². The Hall–Kier alpha value is -2.95. The monoisotopic (exact) mass is 363 g/mol. The number of benzene rings is 2. The van der Waals surface area contributed by atoms with Gasteiger partial charge in [0, 0.05) is 17.5 Å². The van der Waals surface area contributed by atoms with E-state index < -0.39 is 0 Å². The van der Waals surface area contributed by atoms with Crippen molar-refractivity contribution in [2.24, 2.45) is 5.92 Å². The van der Waals surface area contributed by atoms with Gasteiger partial charge in [-0.05, 0) is 43.0 Å². The lowest BCUT2D eigenvalue weighted by molar-refractivity contribution is 0.0526. The lowest BCUT2D eigenvalue weighted by Gasteiger charge is -2.12. The number of nitrogens with zero attached hydrogens (tertiary/aromatic N) is 2. The van der Waals surface area contributed by atoms with Crippen LogP contribution in [0.25, 0.3) is 22.0 Å². The Bertz CT molecular complexity index is 938. The predicted molar refractivity (Wildman–Crippen MR) is 109 cm³/mol. The molecule has 140 valence electrons. The molecule has 1 heterocycles. The van der Waals surface area contributed by atoms with E-state index in [4.69, 9.17) is 4.74 Å². The Labute approximate surface area is 159 Å². The molecule has 3 aromatic rings. The van der Waals surface area contributed by atoms with Gasteiger partial charge in [0.15, 0.2) is 0 Å². The molecule has 0 spiro atoms. The highest BCUT2D eigenvalue weighted by Crippen LogP contribution is 2.30. The fourth-order valence-electron chi connectivity index (χ4n) is 2.97. The minimum absolute atomic E-state index is 0.315. The van der Waals surface area contributed by atoms with Crippen LogP contribution >= 0.6 is 0 Å². The zero-order chi connectivity index (χ0) is 19.2. The SMILES string of the molecule is CCOC(=O)c1cccc(-c2cccc3c(NCCC(C)C)ncnc23)c1. The molecule has 2 aromatic carbocycles. The van der Waals surface area contributed by atoms with Crippen molar-refractivity contribution in [3.63, 3.8) is 0 Å². The zero-order valence-corrected chi connectivity index (χ0v) is 16.0. The van der Waals surface area contributed by atoms with E-state index in [1.807, 2.05) is 36.4 Å². The maximum atomic E-state index is 12.1. The van der Waals surface area contributed by atoms with Gasteiger partial charge in [-0.2, -0.15) is 0 Å². The molecule has 0 atom stereocenters. The topological polar surface area (TPSA) is 64.1 Å². The van der Waals surface area contributed by atoms with Crippen LogP contribution in [0.15, 0.2) is 48.8 Å². The van der Waals surface area contributed by atoms with Gasteiger partial charge in [-0.1, -0.05) is 38.1 Å². The minimum Gasteiger partial charge on any atom is -0.462 e. The van der Waals surface area contributed by atoms with E-state index >= 15 is 0 Å². The third-order valence-corrected chi connectivity index (χ3v) is 4.36. The number of carbonyl (C=O) groups is 1. The van der Waals surface area contributed by atoms with E-state index in [0.29, 0.717) is 18.1 Å². The summed E-state index contributed by atoms with van der Waals surface area (Å²) in [5.41, 5.74) is 3.29. The van der Waals surface area contributed by atoms with Gasteiger partial charge in [0.1, 0.15) is 12.1 Å². The number of aromatic nitrogens is 2. The Morgan fingerprint density at radius 2 is 1.96 bits per heavy atom. The normalized spacial score (nSPS) is 11.0. The Morgan fingerprint density at radius 3 is 2.74 bits per heavy atom. The van der Waals surface area contributed by atoms with Crippen molar-refractivity contribution in [3.05, 3.63) is 54.4 Å². The molecule has 0 unspecified atom stereocenters. The maximum Gasteiger partial charge on any atom is 0.338 e. The molecule has 0 aliphatic rings. The number of esters is 1. The number of para-hydroxylation sites is 1. The first-order chi connectivity index (χ1) is 13.1. The minimum atomic E-state index is -0.315. The van der Waals surface area contributed by atoms with Gasteiger partial charge in [-0.25, -0.2) is 14.8 Å². The van der Waals surface area contributed by atoms with Crippen LogP contribution in [-0.4, -0.2) is 29.1 Å². The number of fused-ring (bicyclic) bond motifs is 1. The van der Waals surface area contributed by atoms with E-state index in [2.05, 4.69) is 29.1 Å². The van der Waals surface area contributed by atoms with E-state index in [1.165, 1.54) is 0 Å². The molecule has 0 fully saturated rings. The van der Waals surface area contributed by atoms with Crippen molar-refractivity contribution in [1.82, 2.24) is 9.97 Å². The molecule has 5 nitrogen and oxygen atoms in total. The van der Waals surface area contributed by atoms with Crippen LogP contribution in [0.4, 0.5) is 5.82 Å². The van der Waals surface area contributed by atoms with Crippen LogP contribution in [0.3, 0.4) is 0 Å². The molecular weight excluding hydrogens is 338 g/mol. The number of nitrogens with one attached hydrogen (secondary N) is 1. The molecule has 0 saturated heterocycles. The summed E-state index contributed by atoms with van der Waals surface area (Å²) < 4.78 is 5.11. The largest absolute Gasteiger partial charge is 0.462 e. The average molecular weight is 363 g/mol. The average Bonchev–Trinajstić information content (AvgIpc) is 2.68. The van der Waals surface area contributed by atoms with Gasteiger partial charge in [-0.3, -0.25) is 0 Å². The molecule has 27 heavy (non-hydrogen) atoms. The number of carbonyl (C=O) groups excluding carboxylic acids is 1. The fourth-order valence-corrected chi connectivity index (χ4v) is 2.97. The zero-order valence-electron chi connectivity index (χ0n) is 16.0. The first-order valence-electron chi connectivity index (χ1n) is 9.35. The van der Waals surface area contributed by atoms with Gasteiger partial charge in [0.2, 0.25) is 0 Å². The highest BCUT2D eigenvalue weighted by Gasteiger charge is 2.12. The lowest BCUT2D eigenvalue weighted by Crippen LogP contribution is -2.07. The Kier molecular flexibility index (Phi) is 6.01. The molecule has 1 aromatic heterocycles. The molecule has 5 heteroatoms. The summed E-state index contributed by atoms with van der Waals surface area (Å²) in [5.74, 6) is 1.15. The Morgan fingerprint density at radius 1 is 1.15 bits per heavy atom. The van der Waals surface area contributed by atoms with Crippen molar-refractivity contribution >= 4 is 22.7 Å². The van der Waals surface area contributed by atoms with Crippen LogP contribution in [-0.2, 0) is 4.74 Å². The van der Waals surface area contributed by atoms with Gasteiger partial charge in [0.05, 0.1) is 17.7 Å². The highest BCUT2D eigenvalue weighted by atomic mass is 16.5. The summed E-state index contributed by atoms with van der Waals surface area (Å²) in [6.07, 6.45) is 2.66. The maximum absolute atomic E-state index is 12.1. The van der Waals surface area contributed by atoms with Gasteiger partial charge < -0.3 is 10.1 Å². The second kappa shape index (κ2) is 8.62. The number of rotatable bonds is 7. The number of anilines is 1. The fraction of sp³-hybridized carbons (Fsp3) is 0.318. The van der Waals surface area contributed by atoms with Crippen LogP contribution in [0.5, 0.6) is 0 Å². The quantitative estimate of drug-likeness (QED) is 0.603. The molecular formula is C22H25N3O2. The van der Waals surface area contributed by atoms with Crippen molar-refractivity contribution in [3.8, 4) is 11.1 Å². The van der Waals surface area contributed by atoms with E-state index in [-0.39, 0.29) is 5.97 Å². The first-order valence-corrected chi connectivity index (χ1v) is 9.35. The molecule has 0 radical (unpaired) electrons. The van der Waals surface area contributed by atoms with Crippen LogP contribution < -0.4 is 5.32 Å². The second-order valence-electron chi connectivity index (χ2n) is 6.83. The molecule has 1 N–H and O–H groups in total. The van der Waals surface area contributed by atoms with Crippen molar-refractivity contribution in [2.45, 2.75) is 27.2 Å². The van der Waals surface area contributed by atoms with Crippen molar-refractivity contribution in [1.29, 1.82) is 0 Å². The predicted octanol–water partition coefficient (Wildman–Crippen LogP) is 4.93. The van der Waals surface area contributed by atoms with Gasteiger partial charge in [-0.15, -0.1) is 0 Å². The van der Waals surface area contributed by atoms with Crippen molar-refractivity contribution < 1.29 is 9.53 Å². The molecule has 0 aliphatic heterocycles. The smallest absolute Gasteiger partial charge is 0.338 e. The van der Waals surface area contributed by atoms with E-state index in [9.17, 15) is 4.79 Å². The molecule has 0 bridgehead atoms. The van der Waals surface area contributed by atoms with Crippen LogP contribution in [0.1, 0.15) is 37.6 Å². The first kappa shape index (κ1) is 18.8. The summed E-state index contributed by atoms with van der Waals surface area (Å²) in [6.45, 7) is 7.43. The van der Waals surface area contributed by atoms with E-state index in [0.717, 1.165) is 40.8 Å². The van der Waals surface area contributed by atoms with Crippen molar-refractivity contribution in [2.75, 3.05) is 18.5 Å². The van der Waals surface area contributed by atoms with Crippen LogP contribution in [0, 0.1) is 5.92 Å². The molecule has 0 saturated carbocycles. The third-order valence-electron chi connectivity index (χ3n) is 4.36. The Balaban J connectivity index is 1.98.